The number of rotatable bonds is 2. The molecule has 0 bridgehead atoms. The third-order valence-corrected chi connectivity index (χ3v) is 7.91. The van der Waals surface area contributed by atoms with Crippen LogP contribution < -0.4 is 5.73 Å². The zero-order chi connectivity index (χ0) is 22.1. The van der Waals surface area contributed by atoms with Gasteiger partial charge in [-0.3, -0.25) is 14.4 Å². The number of allylic oxidation sites excluding steroid dienone is 1. The van der Waals surface area contributed by atoms with E-state index in [-0.39, 0.29) is 29.7 Å². The number of fused-ring (bicyclic) bond motifs is 3. The Balaban J connectivity index is 1.93. The van der Waals surface area contributed by atoms with Gasteiger partial charge >= 0.3 is 0 Å². The summed E-state index contributed by atoms with van der Waals surface area (Å²) in [5.41, 5.74) is 3.77. The summed E-state index contributed by atoms with van der Waals surface area (Å²) in [6, 6.07) is 2.74. The number of halogens is 1. The maximum Gasteiger partial charge on any atom is 0.228 e. The number of amides is 1. The molecule has 0 aromatic heterocycles. The summed E-state index contributed by atoms with van der Waals surface area (Å²) in [5, 5.41) is 32.9. The first-order chi connectivity index (χ1) is 14.0. The maximum absolute atomic E-state index is 13.3. The molecule has 4 rings (SSSR count). The zero-order valence-corrected chi connectivity index (χ0v) is 18.7. The quantitative estimate of drug-likeness (QED) is 0.332. The number of carbonyl (C=O) groups is 3. The number of phenols is 1. The summed E-state index contributed by atoms with van der Waals surface area (Å²) in [4.78, 5) is 40.1. The Labute approximate surface area is 186 Å². The highest BCUT2D eigenvalue weighted by Crippen LogP contribution is 2.52. The predicted octanol–water partition coefficient (Wildman–Crippen LogP) is 0.919. The van der Waals surface area contributed by atoms with Gasteiger partial charge in [-0.1, -0.05) is 0 Å². The van der Waals surface area contributed by atoms with Crippen molar-refractivity contribution in [2.24, 2.45) is 23.5 Å². The number of hydrogen-bond acceptors (Lipinski definition) is 7. The Morgan fingerprint density at radius 1 is 1.23 bits per heavy atom. The number of phenolic OH excluding ortho intramolecular Hbond substituents is 1. The molecule has 5 N–H and O–H groups in total. The molecule has 0 aliphatic heterocycles. The number of carbonyl (C=O) groups excluding carboxylic acids is 3. The third kappa shape index (κ3) is 2.75. The lowest BCUT2D eigenvalue weighted by atomic mass is 9.56. The number of primary amides is 1. The van der Waals surface area contributed by atoms with Crippen LogP contribution in [0.3, 0.4) is 0 Å². The number of nitrogens with two attached hydrogens (primary N) is 1. The minimum Gasteiger partial charge on any atom is -0.508 e. The Kier molecular flexibility index (Phi) is 4.98. The summed E-state index contributed by atoms with van der Waals surface area (Å²) in [6.07, 6.45) is 0.826. The van der Waals surface area contributed by atoms with Crippen molar-refractivity contribution in [2.75, 3.05) is 14.1 Å². The van der Waals surface area contributed by atoms with Crippen LogP contribution in [0, 0.1) is 21.3 Å². The zero-order valence-electron chi connectivity index (χ0n) is 16.6. The molecule has 160 valence electrons. The van der Waals surface area contributed by atoms with E-state index in [0.717, 1.165) is 3.57 Å². The molecular formula is C21H23IN2O6. The van der Waals surface area contributed by atoms with Crippen LogP contribution in [0.25, 0.3) is 0 Å². The minimum atomic E-state index is -2.37. The average molecular weight is 526 g/mol. The van der Waals surface area contributed by atoms with Crippen molar-refractivity contribution in [3.05, 3.63) is 38.2 Å². The summed E-state index contributed by atoms with van der Waals surface area (Å²) < 4.78 is 0.825. The number of hydrogen-bond donors (Lipinski definition) is 4. The summed E-state index contributed by atoms with van der Waals surface area (Å²) in [7, 11) is 3.55. The van der Waals surface area contributed by atoms with Crippen LogP contribution in [-0.2, 0) is 16.0 Å². The van der Waals surface area contributed by atoms with Crippen molar-refractivity contribution < 1.29 is 29.7 Å². The van der Waals surface area contributed by atoms with Crippen LogP contribution in [-0.4, -0.2) is 63.4 Å². The molecule has 30 heavy (non-hydrogen) atoms. The maximum atomic E-state index is 13.3. The molecule has 1 amide bonds. The first-order valence-corrected chi connectivity index (χ1v) is 10.8. The van der Waals surface area contributed by atoms with E-state index < -0.39 is 52.6 Å². The number of nitrogens with zero attached hydrogens (tertiary/aromatic N) is 1. The molecule has 0 heterocycles. The molecule has 1 saturated carbocycles. The number of Topliss-reactive ketones (excluding diaryl/α,β-unsaturated/α-hetero) is 2. The van der Waals surface area contributed by atoms with Crippen LogP contribution in [0.1, 0.15) is 28.8 Å². The van der Waals surface area contributed by atoms with Gasteiger partial charge < -0.3 is 26.0 Å². The van der Waals surface area contributed by atoms with Crippen LogP contribution in [0.4, 0.5) is 0 Å². The standard InChI is InChI=1S/C21H23IN2O6/c1-24(2)13-7-10(20(23)29)18(27)21(30)11(13)6-8-5-9-12(22)3-4-14(25)16(9)17(26)15(8)19(21)28/h3-4,8,10-11,13,25,28,30H,5-7H2,1-2H3,(H2,23,29)/t8?,10?,11?,13-,21-/m1/s1. The van der Waals surface area contributed by atoms with Crippen molar-refractivity contribution in [3.8, 4) is 5.75 Å². The average Bonchev–Trinajstić information content (AvgIpc) is 2.66. The summed E-state index contributed by atoms with van der Waals surface area (Å²) in [5.74, 6) is -5.63. The lowest BCUT2D eigenvalue weighted by Gasteiger charge is -2.52. The van der Waals surface area contributed by atoms with Crippen LogP contribution in [0.15, 0.2) is 23.5 Å². The molecule has 1 fully saturated rings. The van der Waals surface area contributed by atoms with E-state index in [4.69, 9.17) is 5.73 Å². The molecule has 3 aliphatic rings. The number of aromatic hydroxyl groups is 1. The van der Waals surface area contributed by atoms with Crippen molar-refractivity contribution in [1.29, 1.82) is 0 Å². The van der Waals surface area contributed by atoms with Gasteiger partial charge in [-0.05, 0) is 79.6 Å². The van der Waals surface area contributed by atoms with Crippen LogP contribution in [0.5, 0.6) is 5.75 Å². The molecule has 3 aliphatic carbocycles. The number of aliphatic hydroxyl groups excluding tert-OH is 1. The molecule has 8 nitrogen and oxygen atoms in total. The molecule has 5 atom stereocenters. The van der Waals surface area contributed by atoms with Gasteiger partial charge in [-0.25, -0.2) is 0 Å². The van der Waals surface area contributed by atoms with Crippen LogP contribution >= 0.6 is 22.6 Å². The largest absolute Gasteiger partial charge is 0.508 e. The second-order valence-electron chi connectivity index (χ2n) is 8.61. The van der Waals surface area contributed by atoms with Crippen molar-refractivity contribution in [1.82, 2.24) is 4.90 Å². The molecule has 1 aromatic carbocycles. The van der Waals surface area contributed by atoms with Gasteiger partial charge in [0.05, 0.1) is 5.56 Å². The SMILES string of the molecule is CN(C)[C@@H]1CC(C(N)=O)C(=O)[C@@]2(O)C(O)=C3C(=O)c4c(O)ccc(I)c4CC3CC12. The molecule has 1 aromatic rings. The fourth-order valence-electron chi connectivity index (χ4n) is 5.42. The van der Waals surface area contributed by atoms with E-state index in [0.29, 0.717) is 12.0 Å². The molecule has 0 saturated heterocycles. The number of aliphatic hydroxyl groups is 2. The van der Waals surface area contributed by atoms with Gasteiger partial charge in [0.25, 0.3) is 0 Å². The van der Waals surface area contributed by atoms with Gasteiger partial charge in [0.1, 0.15) is 17.4 Å². The van der Waals surface area contributed by atoms with Crippen LogP contribution in [0.2, 0.25) is 0 Å². The highest BCUT2D eigenvalue weighted by molar-refractivity contribution is 14.1. The number of ketones is 2. The monoisotopic (exact) mass is 526 g/mol. The lowest BCUT2D eigenvalue weighted by Crippen LogP contribution is -2.66. The second kappa shape index (κ2) is 7.03. The van der Waals surface area contributed by atoms with Crippen molar-refractivity contribution in [2.45, 2.75) is 30.9 Å². The minimum absolute atomic E-state index is 0.0606. The topological polar surface area (TPSA) is 141 Å². The van der Waals surface area contributed by atoms with E-state index in [2.05, 4.69) is 22.6 Å². The summed E-state index contributed by atoms with van der Waals surface area (Å²) >= 11 is 2.10. The highest BCUT2D eigenvalue weighted by Gasteiger charge is 2.63. The predicted molar refractivity (Wildman–Crippen MR) is 115 cm³/mol. The highest BCUT2D eigenvalue weighted by atomic mass is 127. The molecule has 0 radical (unpaired) electrons. The lowest BCUT2D eigenvalue weighted by molar-refractivity contribution is -0.164. The normalized spacial score (nSPS) is 33.2. The van der Waals surface area contributed by atoms with Crippen molar-refractivity contribution >= 4 is 40.1 Å². The fourth-order valence-corrected chi connectivity index (χ4v) is 6.09. The smallest absolute Gasteiger partial charge is 0.228 e. The van der Waals surface area contributed by atoms with E-state index >= 15 is 0 Å². The second-order valence-corrected chi connectivity index (χ2v) is 9.77. The fraction of sp³-hybridized carbons (Fsp3) is 0.476. The van der Waals surface area contributed by atoms with E-state index in [1.165, 1.54) is 6.07 Å². The third-order valence-electron chi connectivity index (χ3n) is 6.90. The van der Waals surface area contributed by atoms with Gasteiger partial charge in [0.2, 0.25) is 5.91 Å². The molecule has 9 heteroatoms. The van der Waals surface area contributed by atoms with Gasteiger partial charge in [-0.15, -0.1) is 0 Å². The Morgan fingerprint density at radius 2 is 1.90 bits per heavy atom. The molecule has 3 unspecified atom stereocenters. The van der Waals surface area contributed by atoms with Crippen molar-refractivity contribution in [3.63, 3.8) is 0 Å². The van der Waals surface area contributed by atoms with Gasteiger partial charge in [-0.2, -0.15) is 0 Å². The van der Waals surface area contributed by atoms with E-state index in [9.17, 15) is 29.7 Å². The van der Waals surface area contributed by atoms with Gasteiger partial charge in [0.15, 0.2) is 17.2 Å². The Morgan fingerprint density at radius 3 is 2.50 bits per heavy atom. The first kappa shape index (κ1) is 21.3. The van der Waals surface area contributed by atoms with E-state index in [1.54, 1.807) is 20.2 Å². The number of benzene rings is 1. The van der Waals surface area contributed by atoms with E-state index in [1.807, 2.05) is 4.90 Å². The molecule has 0 spiro atoms. The Bertz CT molecular complexity index is 1020. The Hall–Kier alpha value is -1.98. The first-order valence-electron chi connectivity index (χ1n) is 9.71. The summed E-state index contributed by atoms with van der Waals surface area (Å²) in [6.45, 7) is 0. The molecular weight excluding hydrogens is 503 g/mol. The van der Waals surface area contributed by atoms with Gasteiger partial charge in [0, 0.05) is 21.1 Å².